The molecule has 3 rings (SSSR count). The molecular formula is C22H25NO2. The van der Waals surface area contributed by atoms with E-state index in [0.29, 0.717) is 17.9 Å². The van der Waals surface area contributed by atoms with E-state index >= 15 is 0 Å². The van der Waals surface area contributed by atoms with E-state index in [1.165, 1.54) is 30.4 Å². The summed E-state index contributed by atoms with van der Waals surface area (Å²) in [5, 5.41) is 3.09. The topological polar surface area (TPSA) is 38.3 Å². The van der Waals surface area contributed by atoms with Gasteiger partial charge in [-0.05, 0) is 67.5 Å². The third-order valence-electron chi connectivity index (χ3n) is 4.68. The predicted octanol–water partition coefficient (Wildman–Crippen LogP) is 4.62. The average Bonchev–Trinajstić information content (AvgIpc) is 2.66. The summed E-state index contributed by atoms with van der Waals surface area (Å²) < 4.78 is 5.50. The van der Waals surface area contributed by atoms with E-state index in [-0.39, 0.29) is 11.9 Å². The first-order chi connectivity index (χ1) is 12.2. The Hall–Kier alpha value is -2.55. The van der Waals surface area contributed by atoms with E-state index in [9.17, 15) is 4.79 Å². The Balaban J connectivity index is 1.69. The molecule has 0 saturated heterocycles. The van der Waals surface area contributed by atoms with Crippen LogP contribution in [0.3, 0.4) is 0 Å². The summed E-state index contributed by atoms with van der Waals surface area (Å²) in [5.74, 6) is 0.586. The molecule has 0 spiro atoms. The molecule has 2 aromatic rings. The van der Waals surface area contributed by atoms with E-state index < -0.39 is 0 Å². The first-order valence-corrected chi connectivity index (χ1v) is 8.93. The van der Waals surface area contributed by atoms with Gasteiger partial charge in [0.25, 0.3) is 5.91 Å². The summed E-state index contributed by atoms with van der Waals surface area (Å²) in [7, 11) is 0. The van der Waals surface area contributed by atoms with Crippen LogP contribution in [0.15, 0.2) is 55.1 Å². The fraction of sp³-hybridized carbons (Fsp3) is 0.318. The van der Waals surface area contributed by atoms with Gasteiger partial charge in [0.1, 0.15) is 12.4 Å². The van der Waals surface area contributed by atoms with E-state index in [1.54, 1.807) is 18.2 Å². The van der Waals surface area contributed by atoms with Gasteiger partial charge in [-0.15, -0.1) is 0 Å². The predicted molar refractivity (Wildman–Crippen MR) is 101 cm³/mol. The molecule has 0 unspecified atom stereocenters. The number of nitrogens with one attached hydrogen (secondary N) is 1. The molecule has 1 aliphatic rings. The Bertz CT molecular complexity index is 766. The molecule has 2 aromatic carbocycles. The Kier molecular flexibility index (Phi) is 5.54. The molecule has 0 aromatic heterocycles. The molecule has 0 radical (unpaired) electrons. The van der Waals surface area contributed by atoms with Gasteiger partial charge in [-0.2, -0.15) is 0 Å². The van der Waals surface area contributed by atoms with Crippen molar-refractivity contribution < 1.29 is 9.53 Å². The summed E-state index contributed by atoms with van der Waals surface area (Å²) in [6.07, 6.45) is 6.54. The second kappa shape index (κ2) is 8.02. The Morgan fingerprint density at radius 3 is 2.80 bits per heavy atom. The first kappa shape index (κ1) is 17.3. The van der Waals surface area contributed by atoms with Gasteiger partial charge in [-0.3, -0.25) is 4.79 Å². The van der Waals surface area contributed by atoms with Gasteiger partial charge < -0.3 is 10.1 Å². The zero-order valence-electron chi connectivity index (χ0n) is 14.8. The van der Waals surface area contributed by atoms with Gasteiger partial charge in [0.2, 0.25) is 0 Å². The summed E-state index contributed by atoms with van der Waals surface area (Å²) >= 11 is 0. The summed E-state index contributed by atoms with van der Waals surface area (Å²) in [6, 6.07) is 13.8. The normalized spacial score (nSPS) is 14.3. The number of hydrogen-bond donors (Lipinski definition) is 1. The fourth-order valence-corrected chi connectivity index (χ4v) is 3.27. The summed E-state index contributed by atoms with van der Waals surface area (Å²) in [4.78, 5) is 12.6. The van der Waals surface area contributed by atoms with Crippen molar-refractivity contribution >= 4 is 5.91 Å². The number of rotatable bonds is 6. The van der Waals surface area contributed by atoms with Crippen LogP contribution in [0.2, 0.25) is 0 Å². The van der Waals surface area contributed by atoms with Crippen molar-refractivity contribution in [3.63, 3.8) is 0 Å². The SMILES string of the molecule is C=CCOc1cccc(C(=O)N[C@@H](C)c2ccc3c(c2)CCCC3)c1. The van der Waals surface area contributed by atoms with Crippen molar-refractivity contribution in [3.8, 4) is 5.75 Å². The number of hydrogen-bond acceptors (Lipinski definition) is 2. The molecule has 0 bridgehead atoms. The van der Waals surface area contributed by atoms with Crippen LogP contribution in [-0.4, -0.2) is 12.5 Å². The number of carbonyl (C=O) groups excluding carboxylic acids is 1. The molecule has 0 aliphatic heterocycles. The van der Waals surface area contributed by atoms with E-state index in [0.717, 1.165) is 12.0 Å². The van der Waals surface area contributed by atoms with Crippen molar-refractivity contribution in [2.24, 2.45) is 0 Å². The lowest BCUT2D eigenvalue weighted by molar-refractivity contribution is 0.0939. The maximum atomic E-state index is 12.6. The van der Waals surface area contributed by atoms with Gasteiger partial charge in [0, 0.05) is 5.56 Å². The lowest BCUT2D eigenvalue weighted by Gasteiger charge is -2.20. The molecule has 0 fully saturated rings. The molecule has 3 nitrogen and oxygen atoms in total. The molecule has 25 heavy (non-hydrogen) atoms. The zero-order valence-corrected chi connectivity index (χ0v) is 14.8. The van der Waals surface area contributed by atoms with E-state index in [4.69, 9.17) is 4.74 Å². The molecule has 3 heteroatoms. The highest BCUT2D eigenvalue weighted by Gasteiger charge is 2.15. The summed E-state index contributed by atoms with van der Waals surface area (Å²) in [6.45, 7) is 6.09. The maximum Gasteiger partial charge on any atom is 0.251 e. The van der Waals surface area contributed by atoms with Crippen molar-refractivity contribution in [1.29, 1.82) is 0 Å². The van der Waals surface area contributed by atoms with Crippen LogP contribution >= 0.6 is 0 Å². The highest BCUT2D eigenvalue weighted by Crippen LogP contribution is 2.25. The minimum absolute atomic E-state index is 0.0301. The van der Waals surface area contributed by atoms with Crippen LogP contribution in [0.25, 0.3) is 0 Å². The number of ether oxygens (including phenoxy) is 1. The number of benzene rings is 2. The van der Waals surface area contributed by atoms with Gasteiger partial charge in [-0.1, -0.05) is 36.9 Å². The number of amides is 1. The van der Waals surface area contributed by atoms with Crippen molar-refractivity contribution in [2.75, 3.05) is 6.61 Å². The van der Waals surface area contributed by atoms with Crippen LogP contribution in [0.1, 0.15) is 52.9 Å². The lowest BCUT2D eigenvalue weighted by atomic mass is 9.89. The lowest BCUT2D eigenvalue weighted by Crippen LogP contribution is -2.26. The number of aryl methyl sites for hydroxylation is 2. The molecule has 1 aliphatic carbocycles. The molecule has 0 heterocycles. The van der Waals surface area contributed by atoms with Crippen molar-refractivity contribution in [1.82, 2.24) is 5.32 Å². The van der Waals surface area contributed by atoms with Crippen LogP contribution in [0, 0.1) is 0 Å². The Labute approximate surface area is 149 Å². The monoisotopic (exact) mass is 335 g/mol. The van der Waals surface area contributed by atoms with Gasteiger partial charge in [0.05, 0.1) is 6.04 Å². The molecule has 130 valence electrons. The standard InChI is InChI=1S/C22H25NO2/c1-3-13-25-21-10-6-9-20(15-21)22(24)23-16(2)18-12-11-17-7-4-5-8-19(17)14-18/h3,6,9-12,14-16H,1,4-5,7-8,13H2,2H3,(H,23,24)/t16-/m0/s1. The van der Waals surface area contributed by atoms with Crippen molar-refractivity contribution in [2.45, 2.75) is 38.6 Å². The zero-order chi connectivity index (χ0) is 17.6. The number of carbonyl (C=O) groups is 1. The second-order valence-electron chi connectivity index (χ2n) is 6.56. The van der Waals surface area contributed by atoms with Crippen LogP contribution in [0.4, 0.5) is 0 Å². The highest BCUT2D eigenvalue weighted by atomic mass is 16.5. The summed E-state index contributed by atoms with van der Waals surface area (Å²) in [5.41, 5.74) is 4.66. The molecular weight excluding hydrogens is 310 g/mol. The first-order valence-electron chi connectivity index (χ1n) is 8.93. The van der Waals surface area contributed by atoms with Crippen LogP contribution in [0.5, 0.6) is 5.75 Å². The van der Waals surface area contributed by atoms with E-state index in [1.807, 2.05) is 19.1 Å². The number of fused-ring (bicyclic) bond motifs is 1. The highest BCUT2D eigenvalue weighted by molar-refractivity contribution is 5.94. The quantitative estimate of drug-likeness (QED) is 0.782. The minimum atomic E-state index is -0.0886. The van der Waals surface area contributed by atoms with Gasteiger partial charge in [-0.25, -0.2) is 0 Å². The van der Waals surface area contributed by atoms with Gasteiger partial charge in [0.15, 0.2) is 0 Å². The third kappa shape index (κ3) is 4.30. The molecule has 1 amide bonds. The van der Waals surface area contributed by atoms with Crippen LogP contribution < -0.4 is 10.1 Å². The molecule has 1 atom stereocenters. The van der Waals surface area contributed by atoms with Crippen molar-refractivity contribution in [3.05, 3.63) is 77.4 Å². The minimum Gasteiger partial charge on any atom is -0.490 e. The van der Waals surface area contributed by atoms with Gasteiger partial charge >= 0.3 is 0 Å². The largest absolute Gasteiger partial charge is 0.490 e. The third-order valence-corrected chi connectivity index (χ3v) is 4.68. The fourth-order valence-electron chi connectivity index (χ4n) is 3.27. The smallest absolute Gasteiger partial charge is 0.251 e. The Morgan fingerprint density at radius 2 is 2.00 bits per heavy atom. The average molecular weight is 335 g/mol. The maximum absolute atomic E-state index is 12.6. The molecule has 0 saturated carbocycles. The second-order valence-corrected chi connectivity index (χ2v) is 6.56. The van der Waals surface area contributed by atoms with Crippen LogP contribution in [-0.2, 0) is 12.8 Å². The Morgan fingerprint density at radius 1 is 1.20 bits per heavy atom. The molecule has 1 N–H and O–H groups in total. The van der Waals surface area contributed by atoms with E-state index in [2.05, 4.69) is 30.1 Å².